The molecular weight excluding hydrogens is 410 g/mol. The summed E-state index contributed by atoms with van der Waals surface area (Å²) in [6, 6.07) is 14.0. The van der Waals surface area contributed by atoms with Gasteiger partial charge in [0.1, 0.15) is 0 Å². The van der Waals surface area contributed by atoms with Crippen molar-refractivity contribution in [3.8, 4) is 6.07 Å². The highest BCUT2D eigenvalue weighted by Gasteiger charge is 2.26. The van der Waals surface area contributed by atoms with Gasteiger partial charge >= 0.3 is 0 Å². The van der Waals surface area contributed by atoms with Crippen molar-refractivity contribution in [3.05, 3.63) is 64.3 Å². The standard InChI is InChI=1S/C27H31N5O/c1-18-19(2)32(17-20-6-7-20)26-24(18)13-23(27(33)31-10-8-29-9-11-31)14-25(26)30-16-22-5-3-4-21(12-22)15-28/h3-5,12-14,20,29-30H,6-11,16-17H2,1-2H3. The van der Waals surface area contributed by atoms with Crippen molar-refractivity contribution in [3.63, 3.8) is 0 Å². The number of nitriles is 1. The number of hydrogen-bond donors (Lipinski definition) is 2. The Bertz CT molecular complexity index is 1240. The van der Waals surface area contributed by atoms with Crippen LogP contribution >= 0.6 is 0 Å². The van der Waals surface area contributed by atoms with Crippen LogP contribution in [0, 0.1) is 31.1 Å². The van der Waals surface area contributed by atoms with E-state index in [1.54, 1.807) is 0 Å². The largest absolute Gasteiger partial charge is 0.379 e. The van der Waals surface area contributed by atoms with E-state index in [-0.39, 0.29) is 5.91 Å². The molecule has 1 amide bonds. The third-order valence-corrected chi connectivity index (χ3v) is 7.06. The van der Waals surface area contributed by atoms with E-state index in [2.05, 4.69) is 41.2 Å². The number of nitrogens with zero attached hydrogens (tertiary/aromatic N) is 3. The predicted octanol–water partition coefficient (Wildman–Crippen LogP) is 4.20. The second-order valence-corrected chi connectivity index (χ2v) is 9.39. The molecule has 0 atom stereocenters. The molecule has 2 N–H and O–H groups in total. The molecule has 1 saturated heterocycles. The fourth-order valence-corrected chi connectivity index (χ4v) is 4.82. The number of nitrogens with one attached hydrogen (secondary N) is 2. The number of rotatable bonds is 6. The first-order valence-corrected chi connectivity index (χ1v) is 11.9. The second-order valence-electron chi connectivity index (χ2n) is 9.39. The third kappa shape index (κ3) is 4.34. The molecule has 1 aliphatic carbocycles. The second kappa shape index (κ2) is 8.92. The van der Waals surface area contributed by atoms with Crippen LogP contribution in [0.25, 0.3) is 10.9 Å². The summed E-state index contributed by atoms with van der Waals surface area (Å²) in [5.74, 6) is 0.848. The van der Waals surface area contributed by atoms with E-state index < -0.39 is 0 Å². The van der Waals surface area contributed by atoms with Crippen molar-refractivity contribution in [2.24, 2.45) is 5.92 Å². The van der Waals surface area contributed by atoms with Gasteiger partial charge < -0.3 is 20.1 Å². The minimum Gasteiger partial charge on any atom is -0.379 e. The van der Waals surface area contributed by atoms with Gasteiger partial charge in [0, 0.05) is 55.9 Å². The van der Waals surface area contributed by atoms with Crippen LogP contribution in [0.2, 0.25) is 0 Å². The van der Waals surface area contributed by atoms with E-state index in [0.29, 0.717) is 12.1 Å². The lowest BCUT2D eigenvalue weighted by Gasteiger charge is -2.27. The van der Waals surface area contributed by atoms with Crippen molar-refractivity contribution in [1.29, 1.82) is 5.26 Å². The summed E-state index contributed by atoms with van der Waals surface area (Å²) in [5, 5.41) is 17.3. The fraction of sp³-hybridized carbons (Fsp3) is 0.407. The van der Waals surface area contributed by atoms with Crippen molar-refractivity contribution in [2.45, 2.75) is 39.8 Å². The number of aryl methyl sites for hydroxylation is 1. The Labute approximate surface area is 195 Å². The van der Waals surface area contributed by atoms with Gasteiger partial charge in [-0.25, -0.2) is 0 Å². The maximum Gasteiger partial charge on any atom is 0.254 e. The maximum absolute atomic E-state index is 13.4. The number of benzene rings is 2. The molecular formula is C27H31N5O. The Morgan fingerprint density at radius 1 is 1.18 bits per heavy atom. The van der Waals surface area contributed by atoms with Gasteiger partial charge in [0.15, 0.2) is 0 Å². The summed E-state index contributed by atoms with van der Waals surface area (Å²) in [7, 11) is 0. The number of aromatic nitrogens is 1. The Hall–Kier alpha value is -3.30. The van der Waals surface area contributed by atoms with Gasteiger partial charge in [0.05, 0.1) is 22.8 Å². The zero-order chi connectivity index (χ0) is 22.9. The molecule has 0 unspecified atom stereocenters. The molecule has 1 saturated carbocycles. The molecule has 0 spiro atoms. The van der Waals surface area contributed by atoms with Gasteiger partial charge in [0.25, 0.3) is 5.91 Å². The van der Waals surface area contributed by atoms with Crippen molar-refractivity contribution >= 4 is 22.5 Å². The van der Waals surface area contributed by atoms with Gasteiger partial charge in [0.2, 0.25) is 0 Å². The normalized spacial score (nSPS) is 16.1. The first-order valence-electron chi connectivity index (χ1n) is 11.9. The number of fused-ring (bicyclic) bond motifs is 1. The number of carbonyl (C=O) groups is 1. The number of anilines is 1. The minimum absolute atomic E-state index is 0.0972. The van der Waals surface area contributed by atoms with Crippen molar-refractivity contribution < 1.29 is 4.79 Å². The summed E-state index contributed by atoms with van der Waals surface area (Å²) in [5.41, 5.74) is 7.15. The highest BCUT2D eigenvalue weighted by Crippen LogP contribution is 2.38. The van der Waals surface area contributed by atoms with Gasteiger partial charge in [-0.3, -0.25) is 4.79 Å². The average molecular weight is 442 g/mol. The van der Waals surface area contributed by atoms with Gasteiger partial charge in [-0.1, -0.05) is 12.1 Å². The molecule has 2 aliphatic rings. The topological polar surface area (TPSA) is 73.1 Å². The van der Waals surface area contributed by atoms with Crippen LogP contribution in [0.5, 0.6) is 0 Å². The summed E-state index contributed by atoms with van der Waals surface area (Å²) in [6.07, 6.45) is 2.59. The number of amides is 1. The molecule has 3 aromatic rings. The van der Waals surface area contributed by atoms with Crippen LogP contribution in [-0.2, 0) is 13.1 Å². The predicted molar refractivity (Wildman–Crippen MR) is 131 cm³/mol. The van der Waals surface area contributed by atoms with Crippen molar-refractivity contribution in [2.75, 3.05) is 31.5 Å². The highest BCUT2D eigenvalue weighted by atomic mass is 16.2. The monoisotopic (exact) mass is 441 g/mol. The van der Waals surface area contributed by atoms with E-state index in [0.717, 1.165) is 60.8 Å². The average Bonchev–Trinajstić information content (AvgIpc) is 3.65. The SMILES string of the molecule is Cc1c(C)n(CC2CC2)c2c(NCc3cccc(C#N)c3)cc(C(=O)N3CCNCC3)cc12. The molecule has 1 aromatic heterocycles. The molecule has 6 heteroatoms. The first-order chi connectivity index (χ1) is 16.0. The van der Waals surface area contributed by atoms with Crippen LogP contribution in [0.15, 0.2) is 36.4 Å². The molecule has 6 nitrogen and oxygen atoms in total. The highest BCUT2D eigenvalue weighted by molar-refractivity contribution is 6.04. The Morgan fingerprint density at radius 2 is 1.97 bits per heavy atom. The van der Waals surface area contributed by atoms with E-state index in [1.807, 2.05) is 35.2 Å². The van der Waals surface area contributed by atoms with Crippen LogP contribution in [0.3, 0.4) is 0 Å². The van der Waals surface area contributed by atoms with Crippen LogP contribution in [0.4, 0.5) is 5.69 Å². The lowest BCUT2D eigenvalue weighted by molar-refractivity contribution is 0.0736. The zero-order valence-electron chi connectivity index (χ0n) is 19.4. The van der Waals surface area contributed by atoms with Crippen LogP contribution in [0.1, 0.15) is 45.6 Å². The molecule has 170 valence electrons. The summed E-state index contributed by atoms with van der Waals surface area (Å²) in [6.45, 7) is 9.13. The summed E-state index contributed by atoms with van der Waals surface area (Å²) in [4.78, 5) is 15.3. The minimum atomic E-state index is 0.0972. The quantitative estimate of drug-likeness (QED) is 0.601. The van der Waals surface area contributed by atoms with Gasteiger partial charge in [-0.2, -0.15) is 5.26 Å². The lowest BCUT2D eigenvalue weighted by Crippen LogP contribution is -2.46. The van der Waals surface area contributed by atoms with Crippen LogP contribution in [-0.4, -0.2) is 41.6 Å². The first kappa shape index (κ1) is 21.5. The van der Waals surface area contributed by atoms with E-state index in [9.17, 15) is 10.1 Å². The number of piperazine rings is 1. The molecule has 2 fully saturated rings. The lowest BCUT2D eigenvalue weighted by atomic mass is 10.1. The summed E-state index contributed by atoms with van der Waals surface area (Å²) < 4.78 is 2.44. The van der Waals surface area contributed by atoms with E-state index in [1.165, 1.54) is 29.6 Å². The Morgan fingerprint density at radius 3 is 2.70 bits per heavy atom. The number of hydrogen-bond acceptors (Lipinski definition) is 4. The van der Waals surface area contributed by atoms with Crippen LogP contribution < -0.4 is 10.6 Å². The fourth-order valence-electron chi connectivity index (χ4n) is 4.82. The number of carbonyl (C=O) groups excluding carboxylic acids is 1. The summed E-state index contributed by atoms with van der Waals surface area (Å²) >= 11 is 0. The van der Waals surface area contributed by atoms with E-state index >= 15 is 0 Å². The Kier molecular flexibility index (Phi) is 5.82. The molecule has 33 heavy (non-hydrogen) atoms. The van der Waals surface area contributed by atoms with E-state index in [4.69, 9.17) is 0 Å². The zero-order valence-corrected chi connectivity index (χ0v) is 19.4. The molecule has 5 rings (SSSR count). The molecule has 0 bridgehead atoms. The molecule has 1 aliphatic heterocycles. The molecule has 2 aromatic carbocycles. The molecule has 0 radical (unpaired) electrons. The third-order valence-electron chi connectivity index (χ3n) is 7.06. The molecule has 2 heterocycles. The smallest absolute Gasteiger partial charge is 0.254 e. The van der Waals surface area contributed by atoms with Crippen molar-refractivity contribution in [1.82, 2.24) is 14.8 Å². The van der Waals surface area contributed by atoms with Gasteiger partial charge in [-0.15, -0.1) is 0 Å². The maximum atomic E-state index is 13.4. The van der Waals surface area contributed by atoms with Gasteiger partial charge in [-0.05, 0) is 68.0 Å². The Balaban J connectivity index is 1.56.